The molecule has 0 atom stereocenters. The third-order valence-corrected chi connectivity index (χ3v) is 0.703. The summed E-state index contributed by atoms with van der Waals surface area (Å²) in [6.45, 7) is 1.85. The standard InChI is InChI=1S/C4H13N3.ClH/c1-7(2)4-3-6-5;/h6H,3-5H2,1-2H3;1H. The maximum Gasteiger partial charge on any atom is 0.0225 e. The van der Waals surface area contributed by atoms with Crippen LogP contribution >= 0.6 is 12.4 Å². The molecule has 0 fully saturated rings. The number of nitrogens with zero attached hydrogens (tertiary/aromatic N) is 1. The van der Waals surface area contributed by atoms with Gasteiger partial charge in [0.05, 0.1) is 0 Å². The van der Waals surface area contributed by atoms with Crippen LogP contribution in [-0.4, -0.2) is 32.1 Å². The molecule has 0 aromatic heterocycles. The Balaban J connectivity index is 0. The highest BCUT2D eigenvalue weighted by Gasteiger charge is 1.83. The Hall–Kier alpha value is 0.170. The lowest BCUT2D eigenvalue weighted by Crippen LogP contribution is -2.30. The van der Waals surface area contributed by atoms with Crippen molar-refractivity contribution < 1.29 is 0 Å². The van der Waals surface area contributed by atoms with Gasteiger partial charge in [-0.3, -0.25) is 11.3 Å². The SMILES string of the molecule is CN(C)CCNN.Cl. The van der Waals surface area contributed by atoms with Crippen molar-refractivity contribution in [3.05, 3.63) is 0 Å². The Labute approximate surface area is 56.6 Å². The highest BCUT2D eigenvalue weighted by Crippen LogP contribution is 1.66. The van der Waals surface area contributed by atoms with Crippen molar-refractivity contribution >= 4 is 12.4 Å². The Morgan fingerprint density at radius 1 is 1.50 bits per heavy atom. The summed E-state index contributed by atoms with van der Waals surface area (Å²) in [6.07, 6.45) is 0. The summed E-state index contributed by atoms with van der Waals surface area (Å²) in [6, 6.07) is 0. The monoisotopic (exact) mass is 139 g/mol. The van der Waals surface area contributed by atoms with E-state index in [1.54, 1.807) is 0 Å². The fraction of sp³-hybridized carbons (Fsp3) is 1.00. The number of hydrogen-bond acceptors (Lipinski definition) is 3. The van der Waals surface area contributed by atoms with Crippen LogP contribution < -0.4 is 11.3 Å². The summed E-state index contributed by atoms with van der Waals surface area (Å²) in [7, 11) is 4.02. The summed E-state index contributed by atoms with van der Waals surface area (Å²) < 4.78 is 0. The molecule has 0 bridgehead atoms. The van der Waals surface area contributed by atoms with Gasteiger partial charge in [-0.1, -0.05) is 0 Å². The number of hydrogen-bond donors (Lipinski definition) is 2. The Morgan fingerprint density at radius 2 is 2.00 bits per heavy atom. The zero-order chi connectivity index (χ0) is 5.70. The van der Waals surface area contributed by atoms with Crippen molar-refractivity contribution in [1.29, 1.82) is 0 Å². The number of likely N-dealkylation sites (N-methyl/N-ethyl adjacent to an activating group) is 1. The summed E-state index contributed by atoms with van der Waals surface area (Å²) >= 11 is 0. The molecule has 52 valence electrons. The molecule has 0 amide bonds. The number of nitrogens with two attached hydrogens (primary N) is 1. The zero-order valence-electron chi connectivity index (χ0n) is 5.35. The van der Waals surface area contributed by atoms with Gasteiger partial charge in [-0.05, 0) is 14.1 Å². The minimum atomic E-state index is 0. The molecule has 0 aliphatic carbocycles. The molecule has 8 heavy (non-hydrogen) atoms. The molecule has 4 heteroatoms. The minimum absolute atomic E-state index is 0. The summed E-state index contributed by atoms with van der Waals surface area (Å²) in [5, 5.41) is 0. The van der Waals surface area contributed by atoms with Crippen molar-refractivity contribution in [2.75, 3.05) is 27.2 Å². The first-order valence-electron chi connectivity index (χ1n) is 2.35. The second-order valence-electron chi connectivity index (χ2n) is 1.76. The largest absolute Gasteiger partial charge is 0.308 e. The quantitative estimate of drug-likeness (QED) is 0.407. The smallest absolute Gasteiger partial charge is 0.0225 e. The number of hydrazine groups is 1. The van der Waals surface area contributed by atoms with E-state index >= 15 is 0 Å². The fourth-order valence-corrected chi connectivity index (χ4v) is 0.288. The molecule has 3 nitrogen and oxygen atoms in total. The van der Waals surface area contributed by atoms with E-state index in [1.165, 1.54) is 0 Å². The van der Waals surface area contributed by atoms with Crippen LogP contribution in [-0.2, 0) is 0 Å². The first-order chi connectivity index (χ1) is 3.27. The average molecular weight is 140 g/mol. The maximum atomic E-state index is 5.00. The first-order valence-corrected chi connectivity index (χ1v) is 2.35. The van der Waals surface area contributed by atoms with E-state index in [0.29, 0.717) is 0 Å². The van der Waals surface area contributed by atoms with Crippen LogP contribution in [0.25, 0.3) is 0 Å². The van der Waals surface area contributed by atoms with Crippen LogP contribution in [0.5, 0.6) is 0 Å². The van der Waals surface area contributed by atoms with E-state index in [2.05, 4.69) is 10.3 Å². The Bertz CT molecular complexity index is 40.3. The highest BCUT2D eigenvalue weighted by molar-refractivity contribution is 5.85. The van der Waals surface area contributed by atoms with E-state index in [4.69, 9.17) is 5.84 Å². The van der Waals surface area contributed by atoms with E-state index in [-0.39, 0.29) is 12.4 Å². The number of halogens is 1. The molecule has 0 saturated carbocycles. The maximum absolute atomic E-state index is 5.00. The van der Waals surface area contributed by atoms with Gasteiger partial charge in [0.2, 0.25) is 0 Å². The third kappa shape index (κ3) is 9.48. The minimum Gasteiger partial charge on any atom is -0.308 e. The lowest BCUT2D eigenvalue weighted by atomic mass is 10.6. The topological polar surface area (TPSA) is 41.3 Å². The molecule has 0 radical (unpaired) electrons. The van der Waals surface area contributed by atoms with Crippen LogP contribution in [0.3, 0.4) is 0 Å². The van der Waals surface area contributed by atoms with Gasteiger partial charge in [0.1, 0.15) is 0 Å². The molecule has 0 heterocycles. The fourth-order valence-electron chi connectivity index (χ4n) is 0.288. The zero-order valence-corrected chi connectivity index (χ0v) is 6.16. The molecular weight excluding hydrogens is 126 g/mol. The predicted molar refractivity (Wildman–Crippen MR) is 38.0 cm³/mol. The molecule has 0 spiro atoms. The van der Waals surface area contributed by atoms with Gasteiger partial charge in [-0.25, -0.2) is 0 Å². The van der Waals surface area contributed by atoms with Gasteiger partial charge >= 0.3 is 0 Å². The van der Waals surface area contributed by atoms with E-state index in [1.807, 2.05) is 14.1 Å². The van der Waals surface area contributed by atoms with Gasteiger partial charge in [-0.2, -0.15) is 0 Å². The molecular formula is C4H14ClN3. The molecule has 3 N–H and O–H groups in total. The number of rotatable bonds is 3. The first kappa shape index (κ1) is 11.0. The van der Waals surface area contributed by atoms with E-state index < -0.39 is 0 Å². The molecule has 0 aliphatic rings. The van der Waals surface area contributed by atoms with Crippen LogP contribution in [0.4, 0.5) is 0 Å². The van der Waals surface area contributed by atoms with Crippen LogP contribution in [0.15, 0.2) is 0 Å². The summed E-state index contributed by atoms with van der Waals surface area (Å²) in [5.41, 5.74) is 2.56. The van der Waals surface area contributed by atoms with Gasteiger partial charge in [-0.15, -0.1) is 12.4 Å². The van der Waals surface area contributed by atoms with Crippen molar-refractivity contribution in [2.24, 2.45) is 5.84 Å². The van der Waals surface area contributed by atoms with E-state index in [0.717, 1.165) is 13.1 Å². The van der Waals surface area contributed by atoms with Crippen molar-refractivity contribution in [1.82, 2.24) is 10.3 Å². The molecule has 0 aliphatic heterocycles. The second kappa shape index (κ2) is 7.17. The third-order valence-electron chi connectivity index (χ3n) is 0.703. The van der Waals surface area contributed by atoms with Crippen LogP contribution in [0, 0.1) is 0 Å². The lowest BCUT2D eigenvalue weighted by molar-refractivity contribution is 0.402. The van der Waals surface area contributed by atoms with Gasteiger partial charge in [0, 0.05) is 13.1 Å². The Kier molecular flexibility index (Phi) is 9.89. The van der Waals surface area contributed by atoms with Crippen molar-refractivity contribution in [2.45, 2.75) is 0 Å². The molecule has 0 aromatic carbocycles. The van der Waals surface area contributed by atoms with Gasteiger partial charge < -0.3 is 4.90 Å². The van der Waals surface area contributed by atoms with Gasteiger partial charge in [0.25, 0.3) is 0 Å². The summed E-state index contributed by atoms with van der Waals surface area (Å²) in [5.74, 6) is 5.00. The Morgan fingerprint density at radius 3 is 2.12 bits per heavy atom. The average Bonchev–Trinajstić information content (AvgIpc) is 1.61. The van der Waals surface area contributed by atoms with Crippen molar-refractivity contribution in [3.8, 4) is 0 Å². The molecule has 0 saturated heterocycles. The predicted octanol–water partition coefficient (Wildman–Crippen LogP) is -0.567. The number of nitrogens with one attached hydrogen (secondary N) is 1. The normalized spacial score (nSPS) is 9.00. The van der Waals surface area contributed by atoms with E-state index in [9.17, 15) is 0 Å². The van der Waals surface area contributed by atoms with Crippen LogP contribution in [0.1, 0.15) is 0 Å². The van der Waals surface area contributed by atoms with Crippen LogP contribution in [0.2, 0.25) is 0 Å². The highest BCUT2D eigenvalue weighted by atomic mass is 35.5. The van der Waals surface area contributed by atoms with Gasteiger partial charge in [0.15, 0.2) is 0 Å². The second-order valence-corrected chi connectivity index (χ2v) is 1.76. The summed E-state index contributed by atoms with van der Waals surface area (Å²) in [4.78, 5) is 2.07. The molecule has 0 rings (SSSR count). The van der Waals surface area contributed by atoms with Crippen molar-refractivity contribution in [3.63, 3.8) is 0 Å². The molecule has 0 aromatic rings. The lowest BCUT2D eigenvalue weighted by Gasteiger charge is -2.06. The molecule has 0 unspecified atom stereocenters.